The van der Waals surface area contributed by atoms with Crippen LogP contribution in [0.1, 0.15) is 5.56 Å². The van der Waals surface area contributed by atoms with Gasteiger partial charge in [0.2, 0.25) is 5.91 Å². The van der Waals surface area contributed by atoms with E-state index in [2.05, 4.69) is 10.6 Å². The van der Waals surface area contributed by atoms with Gasteiger partial charge in [0, 0.05) is 23.9 Å². The smallest absolute Gasteiger partial charge is 0.270 e. The molecule has 8 nitrogen and oxygen atoms in total. The lowest BCUT2D eigenvalue weighted by atomic mass is 10.2. The fourth-order valence-electron chi connectivity index (χ4n) is 2.70. The SMILES string of the molecule is O=C(/C=C/c1cccc([N+](=O)[O-])c1)NC(=S)Nc1ccc(OCCOc2ccccc2)cc1. The van der Waals surface area contributed by atoms with Crippen LogP contribution in [0.2, 0.25) is 0 Å². The molecule has 3 rings (SSSR count). The first-order chi connectivity index (χ1) is 16.0. The molecule has 0 saturated carbocycles. The van der Waals surface area contributed by atoms with E-state index < -0.39 is 10.8 Å². The quantitative estimate of drug-likeness (QED) is 0.157. The normalized spacial score (nSPS) is 10.4. The first-order valence-electron chi connectivity index (χ1n) is 9.95. The molecule has 0 radical (unpaired) electrons. The van der Waals surface area contributed by atoms with Gasteiger partial charge in [-0.1, -0.05) is 30.3 Å². The molecule has 0 atom stereocenters. The summed E-state index contributed by atoms with van der Waals surface area (Å²) in [7, 11) is 0. The number of benzene rings is 3. The first-order valence-corrected chi connectivity index (χ1v) is 10.4. The molecule has 0 aliphatic heterocycles. The van der Waals surface area contributed by atoms with E-state index in [4.69, 9.17) is 21.7 Å². The van der Waals surface area contributed by atoms with Crippen molar-refractivity contribution in [2.75, 3.05) is 18.5 Å². The van der Waals surface area contributed by atoms with E-state index in [-0.39, 0.29) is 10.8 Å². The molecule has 0 bridgehead atoms. The third-order valence-corrected chi connectivity index (χ3v) is 4.43. The molecule has 3 aromatic rings. The third-order valence-electron chi connectivity index (χ3n) is 4.22. The highest BCUT2D eigenvalue weighted by Crippen LogP contribution is 2.16. The Morgan fingerprint density at radius 2 is 1.61 bits per heavy atom. The molecule has 0 aliphatic carbocycles. The van der Waals surface area contributed by atoms with Crippen LogP contribution in [0.5, 0.6) is 11.5 Å². The summed E-state index contributed by atoms with van der Waals surface area (Å²) in [6, 6.07) is 22.5. The Balaban J connectivity index is 1.41. The van der Waals surface area contributed by atoms with Crippen molar-refractivity contribution in [2.45, 2.75) is 0 Å². The van der Waals surface area contributed by atoms with Gasteiger partial charge in [0.15, 0.2) is 5.11 Å². The maximum absolute atomic E-state index is 12.0. The minimum absolute atomic E-state index is 0.0501. The van der Waals surface area contributed by atoms with Crippen molar-refractivity contribution in [3.63, 3.8) is 0 Å². The summed E-state index contributed by atoms with van der Waals surface area (Å²) in [4.78, 5) is 22.4. The second-order valence-electron chi connectivity index (χ2n) is 6.66. The summed E-state index contributed by atoms with van der Waals surface area (Å²) in [5.74, 6) is 1.00. The molecule has 0 fully saturated rings. The number of carbonyl (C=O) groups is 1. The maximum Gasteiger partial charge on any atom is 0.270 e. The van der Waals surface area contributed by atoms with Gasteiger partial charge in [0.05, 0.1) is 4.92 Å². The molecular weight excluding hydrogens is 442 g/mol. The van der Waals surface area contributed by atoms with Crippen LogP contribution >= 0.6 is 12.2 Å². The molecule has 0 spiro atoms. The molecule has 3 aromatic carbocycles. The van der Waals surface area contributed by atoms with Crippen molar-refractivity contribution >= 4 is 40.7 Å². The van der Waals surface area contributed by atoms with Gasteiger partial charge in [-0.3, -0.25) is 20.2 Å². The van der Waals surface area contributed by atoms with E-state index in [1.807, 2.05) is 30.3 Å². The van der Waals surface area contributed by atoms with Gasteiger partial charge >= 0.3 is 0 Å². The topological polar surface area (TPSA) is 103 Å². The predicted octanol–water partition coefficient (Wildman–Crippen LogP) is 4.58. The van der Waals surface area contributed by atoms with Crippen molar-refractivity contribution < 1.29 is 19.2 Å². The number of nitro groups is 1. The largest absolute Gasteiger partial charge is 0.490 e. The summed E-state index contributed by atoms with van der Waals surface area (Å²) in [6.07, 6.45) is 2.72. The Labute approximate surface area is 196 Å². The number of nitrogens with one attached hydrogen (secondary N) is 2. The molecule has 0 heterocycles. The van der Waals surface area contributed by atoms with E-state index in [9.17, 15) is 14.9 Å². The van der Waals surface area contributed by atoms with Crippen molar-refractivity contribution in [1.29, 1.82) is 0 Å². The number of amides is 1. The van der Waals surface area contributed by atoms with Gasteiger partial charge < -0.3 is 14.8 Å². The van der Waals surface area contributed by atoms with Crippen LogP contribution in [0.3, 0.4) is 0 Å². The number of thiocarbonyl (C=S) groups is 1. The lowest BCUT2D eigenvalue weighted by Gasteiger charge is -2.10. The van der Waals surface area contributed by atoms with Crippen molar-refractivity contribution in [1.82, 2.24) is 5.32 Å². The summed E-state index contributed by atoms with van der Waals surface area (Å²) in [5, 5.41) is 16.4. The van der Waals surface area contributed by atoms with Crippen LogP contribution in [0.15, 0.2) is 84.9 Å². The molecular formula is C24H21N3O5S. The van der Waals surface area contributed by atoms with E-state index in [1.165, 1.54) is 24.3 Å². The summed E-state index contributed by atoms with van der Waals surface area (Å²) in [6.45, 7) is 0.816. The minimum atomic E-state index is -0.495. The highest BCUT2D eigenvalue weighted by molar-refractivity contribution is 7.80. The molecule has 1 amide bonds. The Kier molecular flexibility index (Phi) is 8.49. The minimum Gasteiger partial charge on any atom is -0.490 e. The number of ether oxygens (including phenoxy) is 2. The zero-order valence-corrected chi connectivity index (χ0v) is 18.3. The van der Waals surface area contributed by atoms with Crippen LogP contribution < -0.4 is 20.1 Å². The number of nitrogens with zero attached hydrogens (tertiary/aromatic N) is 1. The first kappa shape index (κ1) is 23.4. The molecule has 0 aromatic heterocycles. The second-order valence-corrected chi connectivity index (χ2v) is 7.07. The van der Waals surface area contributed by atoms with E-state index >= 15 is 0 Å². The number of rotatable bonds is 9. The fraction of sp³-hybridized carbons (Fsp3) is 0.0833. The standard InChI is InChI=1S/C24H21N3O5S/c28-23(14-9-18-5-4-6-20(17-18)27(29)30)26-24(33)25-19-10-12-22(13-11-19)32-16-15-31-21-7-2-1-3-8-21/h1-14,17H,15-16H2,(H2,25,26,28,33)/b14-9+. The lowest BCUT2D eigenvalue weighted by molar-refractivity contribution is -0.384. The average molecular weight is 464 g/mol. The monoisotopic (exact) mass is 463 g/mol. The zero-order chi connectivity index (χ0) is 23.5. The van der Waals surface area contributed by atoms with Gasteiger partial charge in [0.1, 0.15) is 24.7 Å². The molecule has 9 heteroatoms. The van der Waals surface area contributed by atoms with Gasteiger partial charge in [0.25, 0.3) is 5.69 Å². The van der Waals surface area contributed by atoms with E-state index in [1.54, 1.807) is 36.4 Å². The molecule has 168 valence electrons. The molecule has 0 saturated heterocycles. The summed E-state index contributed by atoms with van der Waals surface area (Å²) < 4.78 is 11.2. The van der Waals surface area contributed by atoms with Crippen LogP contribution in [-0.2, 0) is 4.79 Å². The average Bonchev–Trinajstić information content (AvgIpc) is 2.82. The maximum atomic E-state index is 12.0. The Bertz CT molecular complexity index is 1130. The zero-order valence-electron chi connectivity index (χ0n) is 17.5. The number of anilines is 1. The highest BCUT2D eigenvalue weighted by atomic mass is 32.1. The van der Waals surface area contributed by atoms with Gasteiger partial charge in [-0.15, -0.1) is 0 Å². The van der Waals surface area contributed by atoms with Crippen LogP contribution in [-0.4, -0.2) is 29.2 Å². The summed E-state index contributed by atoms with van der Waals surface area (Å²) >= 11 is 5.15. The number of para-hydroxylation sites is 1. The number of carbonyl (C=O) groups excluding carboxylic acids is 1. The van der Waals surface area contributed by atoms with E-state index in [0.29, 0.717) is 30.2 Å². The molecule has 2 N–H and O–H groups in total. The fourth-order valence-corrected chi connectivity index (χ4v) is 2.92. The predicted molar refractivity (Wildman–Crippen MR) is 130 cm³/mol. The lowest BCUT2D eigenvalue weighted by Crippen LogP contribution is -2.32. The summed E-state index contributed by atoms with van der Waals surface area (Å²) in [5.41, 5.74) is 1.16. The number of hydrogen-bond acceptors (Lipinski definition) is 6. The highest BCUT2D eigenvalue weighted by Gasteiger charge is 2.05. The molecule has 0 aliphatic rings. The number of nitro benzene ring substituents is 1. The van der Waals surface area contributed by atoms with E-state index in [0.717, 1.165) is 5.75 Å². The van der Waals surface area contributed by atoms with Crippen molar-refractivity contribution in [3.8, 4) is 11.5 Å². The van der Waals surface area contributed by atoms with Crippen molar-refractivity contribution in [2.24, 2.45) is 0 Å². The second kappa shape index (κ2) is 12.0. The van der Waals surface area contributed by atoms with Crippen LogP contribution in [0, 0.1) is 10.1 Å². The Hall–Kier alpha value is -4.24. The third kappa shape index (κ3) is 8.08. The van der Waals surface area contributed by atoms with Crippen molar-refractivity contribution in [3.05, 3.63) is 101 Å². The number of hydrogen-bond donors (Lipinski definition) is 2. The Morgan fingerprint density at radius 3 is 2.27 bits per heavy atom. The number of non-ortho nitro benzene ring substituents is 1. The van der Waals surface area contributed by atoms with Crippen LogP contribution in [0.25, 0.3) is 6.08 Å². The van der Waals surface area contributed by atoms with Gasteiger partial charge in [-0.25, -0.2) is 0 Å². The Morgan fingerprint density at radius 1 is 0.939 bits per heavy atom. The molecule has 33 heavy (non-hydrogen) atoms. The van der Waals surface area contributed by atoms with Crippen LogP contribution in [0.4, 0.5) is 11.4 Å². The molecule has 0 unspecified atom stereocenters. The van der Waals surface area contributed by atoms with Gasteiger partial charge in [-0.05, 0) is 60.3 Å². The van der Waals surface area contributed by atoms with Gasteiger partial charge in [-0.2, -0.15) is 0 Å².